The highest BCUT2D eigenvalue weighted by molar-refractivity contribution is 7.80. The zero-order valence-electron chi connectivity index (χ0n) is 10.7. The van der Waals surface area contributed by atoms with Crippen molar-refractivity contribution in [3.63, 3.8) is 0 Å². The van der Waals surface area contributed by atoms with E-state index in [0.29, 0.717) is 13.1 Å². The quantitative estimate of drug-likeness (QED) is 0.821. The van der Waals surface area contributed by atoms with E-state index in [1.165, 1.54) is 0 Å². The van der Waals surface area contributed by atoms with Crippen LogP contribution < -0.4 is 5.73 Å². The first kappa shape index (κ1) is 13.0. The molecule has 0 fully saturated rings. The molecule has 2 heterocycles. The van der Waals surface area contributed by atoms with Crippen molar-refractivity contribution in [3.8, 4) is 0 Å². The lowest BCUT2D eigenvalue weighted by atomic mass is 9.94. The zero-order chi connectivity index (χ0) is 13.3. The predicted octanol–water partition coefficient (Wildman–Crippen LogP) is 0.784. The second kappa shape index (κ2) is 5.06. The van der Waals surface area contributed by atoms with E-state index in [9.17, 15) is 4.79 Å². The fraction of sp³-hybridized carbons (Fsp3) is 0.583. The van der Waals surface area contributed by atoms with E-state index < -0.39 is 0 Å². The molecule has 5 nitrogen and oxygen atoms in total. The fourth-order valence-electron chi connectivity index (χ4n) is 2.29. The number of hydrogen-bond donors (Lipinski definition) is 1. The molecule has 6 heteroatoms. The third kappa shape index (κ3) is 2.38. The SMILES string of the molecule is CC(C)C(C(=O)N1CCn2ccnc2C1)C(N)=S. The normalized spacial score (nSPS) is 16.5. The molecule has 18 heavy (non-hydrogen) atoms. The van der Waals surface area contributed by atoms with E-state index in [4.69, 9.17) is 18.0 Å². The van der Waals surface area contributed by atoms with Crippen molar-refractivity contribution < 1.29 is 4.79 Å². The first-order valence-corrected chi connectivity index (χ1v) is 6.49. The molecule has 1 unspecified atom stereocenters. The standard InChI is InChI=1S/C12H18N4OS/c1-8(2)10(11(13)18)12(17)16-6-5-15-4-3-14-9(15)7-16/h3-4,8,10H,5-7H2,1-2H3,(H2,13,18). The number of rotatable bonds is 3. The molecule has 0 saturated carbocycles. The van der Waals surface area contributed by atoms with Crippen molar-refractivity contribution in [2.45, 2.75) is 26.9 Å². The molecule has 1 amide bonds. The number of nitrogens with zero attached hydrogens (tertiary/aromatic N) is 3. The van der Waals surface area contributed by atoms with Crippen LogP contribution in [0.2, 0.25) is 0 Å². The van der Waals surface area contributed by atoms with Crippen LogP contribution >= 0.6 is 12.2 Å². The van der Waals surface area contributed by atoms with Crippen molar-refractivity contribution in [2.75, 3.05) is 6.54 Å². The smallest absolute Gasteiger partial charge is 0.233 e. The van der Waals surface area contributed by atoms with Gasteiger partial charge in [0, 0.05) is 25.5 Å². The molecule has 1 aromatic rings. The van der Waals surface area contributed by atoms with Crippen molar-refractivity contribution >= 4 is 23.1 Å². The van der Waals surface area contributed by atoms with Gasteiger partial charge in [-0.3, -0.25) is 4.79 Å². The second-order valence-electron chi connectivity index (χ2n) is 4.92. The van der Waals surface area contributed by atoms with Crippen LogP contribution in [0.5, 0.6) is 0 Å². The highest BCUT2D eigenvalue weighted by Gasteiger charge is 2.31. The zero-order valence-corrected chi connectivity index (χ0v) is 11.5. The van der Waals surface area contributed by atoms with Crippen LogP contribution in [0.3, 0.4) is 0 Å². The molecular formula is C12H18N4OS. The molecule has 0 aliphatic carbocycles. The summed E-state index contributed by atoms with van der Waals surface area (Å²) < 4.78 is 2.06. The van der Waals surface area contributed by atoms with E-state index in [1.807, 2.05) is 20.0 Å². The van der Waals surface area contributed by atoms with Gasteiger partial charge in [0.15, 0.2) is 0 Å². The van der Waals surface area contributed by atoms with Crippen LogP contribution in [0.25, 0.3) is 0 Å². The highest BCUT2D eigenvalue weighted by Crippen LogP contribution is 2.19. The Morgan fingerprint density at radius 3 is 2.83 bits per heavy atom. The van der Waals surface area contributed by atoms with Crippen LogP contribution in [-0.4, -0.2) is 31.9 Å². The number of fused-ring (bicyclic) bond motifs is 1. The second-order valence-corrected chi connectivity index (χ2v) is 5.39. The van der Waals surface area contributed by atoms with Crippen molar-refractivity contribution in [3.05, 3.63) is 18.2 Å². The summed E-state index contributed by atoms with van der Waals surface area (Å²) in [4.78, 5) is 18.8. The van der Waals surface area contributed by atoms with E-state index >= 15 is 0 Å². The lowest BCUT2D eigenvalue weighted by Gasteiger charge is -2.31. The topological polar surface area (TPSA) is 64.2 Å². The molecule has 0 aromatic carbocycles. The molecule has 1 aliphatic rings. The number of carbonyl (C=O) groups excluding carboxylic acids is 1. The van der Waals surface area contributed by atoms with E-state index in [-0.39, 0.29) is 22.7 Å². The minimum absolute atomic E-state index is 0.0201. The molecule has 2 N–H and O–H groups in total. The Balaban J connectivity index is 2.13. The molecule has 1 aliphatic heterocycles. The van der Waals surface area contributed by atoms with Gasteiger partial charge in [0.2, 0.25) is 5.91 Å². The number of imidazole rings is 1. The minimum atomic E-state index is -0.374. The largest absolute Gasteiger partial charge is 0.393 e. The van der Waals surface area contributed by atoms with E-state index in [2.05, 4.69) is 9.55 Å². The van der Waals surface area contributed by atoms with Crippen LogP contribution in [-0.2, 0) is 17.9 Å². The summed E-state index contributed by atoms with van der Waals surface area (Å²) in [7, 11) is 0. The molecule has 0 radical (unpaired) electrons. The Morgan fingerprint density at radius 1 is 1.50 bits per heavy atom. The summed E-state index contributed by atoms with van der Waals surface area (Å²) in [6.07, 6.45) is 3.70. The predicted molar refractivity (Wildman–Crippen MR) is 72.8 cm³/mol. The Morgan fingerprint density at radius 2 is 2.22 bits per heavy atom. The summed E-state index contributed by atoms with van der Waals surface area (Å²) in [5.74, 6) is 0.685. The Hall–Kier alpha value is -1.43. The summed E-state index contributed by atoms with van der Waals surface area (Å²) in [6.45, 7) is 5.94. The Kier molecular flexibility index (Phi) is 3.65. The van der Waals surface area contributed by atoms with Gasteiger partial charge in [0.1, 0.15) is 5.82 Å². The number of carbonyl (C=O) groups is 1. The van der Waals surface area contributed by atoms with Crippen molar-refractivity contribution in [2.24, 2.45) is 17.6 Å². The van der Waals surface area contributed by atoms with Gasteiger partial charge in [-0.2, -0.15) is 0 Å². The van der Waals surface area contributed by atoms with Crippen molar-refractivity contribution in [1.29, 1.82) is 0 Å². The number of aromatic nitrogens is 2. The number of nitrogens with two attached hydrogens (primary N) is 1. The molecule has 0 bridgehead atoms. The van der Waals surface area contributed by atoms with E-state index in [1.54, 1.807) is 11.1 Å². The molecule has 2 rings (SSSR count). The van der Waals surface area contributed by atoms with Gasteiger partial charge in [-0.15, -0.1) is 0 Å². The monoisotopic (exact) mass is 266 g/mol. The average molecular weight is 266 g/mol. The maximum Gasteiger partial charge on any atom is 0.233 e. The summed E-state index contributed by atoms with van der Waals surface area (Å²) in [6, 6.07) is 0. The number of hydrogen-bond acceptors (Lipinski definition) is 3. The van der Waals surface area contributed by atoms with Gasteiger partial charge in [0.25, 0.3) is 0 Å². The van der Waals surface area contributed by atoms with E-state index in [0.717, 1.165) is 12.4 Å². The van der Waals surface area contributed by atoms with Gasteiger partial charge in [-0.25, -0.2) is 4.98 Å². The number of amides is 1. The number of thiocarbonyl (C=S) groups is 1. The lowest BCUT2D eigenvalue weighted by molar-refractivity contribution is -0.136. The van der Waals surface area contributed by atoms with Crippen LogP contribution in [0.4, 0.5) is 0 Å². The van der Waals surface area contributed by atoms with Crippen LogP contribution in [0.15, 0.2) is 12.4 Å². The lowest BCUT2D eigenvalue weighted by Crippen LogP contribution is -2.46. The first-order valence-electron chi connectivity index (χ1n) is 6.09. The molecule has 1 atom stereocenters. The third-order valence-electron chi connectivity index (χ3n) is 3.30. The first-order chi connectivity index (χ1) is 8.50. The molecule has 98 valence electrons. The summed E-state index contributed by atoms with van der Waals surface area (Å²) in [5, 5.41) is 0. The average Bonchev–Trinajstić information content (AvgIpc) is 2.74. The van der Waals surface area contributed by atoms with Gasteiger partial charge in [-0.1, -0.05) is 26.1 Å². The maximum absolute atomic E-state index is 12.4. The van der Waals surface area contributed by atoms with Crippen LogP contribution in [0.1, 0.15) is 19.7 Å². The Labute approximate surface area is 112 Å². The van der Waals surface area contributed by atoms with Crippen LogP contribution in [0, 0.1) is 11.8 Å². The van der Waals surface area contributed by atoms with Crippen molar-refractivity contribution in [1.82, 2.24) is 14.5 Å². The maximum atomic E-state index is 12.4. The third-order valence-corrected chi connectivity index (χ3v) is 3.55. The minimum Gasteiger partial charge on any atom is -0.393 e. The van der Waals surface area contributed by atoms with Gasteiger partial charge in [-0.05, 0) is 5.92 Å². The highest BCUT2D eigenvalue weighted by atomic mass is 32.1. The summed E-state index contributed by atoms with van der Waals surface area (Å²) >= 11 is 5.01. The van der Waals surface area contributed by atoms with Gasteiger partial charge < -0.3 is 15.2 Å². The summed E-state index contributed by atoms with van der Waals surface area (Å²) in [5.41, 5.74) is 5.68. The van der Waals surface area contributed by atoms with Gasteiger partial charge >= 0.3 is 0 Å². The Bertz CT molecular complexity index is 468. The molecule has 0 spiro atoms. The molecule has 0 saturated heterocycles. The fourth-order valence-corrected chi connectivity index (χ4v) is 2.67. The molecular weight excluding hydrogens is 248 g/mol. The van der Waals surface area contributed by atoms with Gasteiger partial charge in [0.05, 0.1) is 17.5 Å². The molecule has 1 aromatic heterocycles.